The zero-order chi connectivity index (χ0) is 10.8. The van der Waals surface area contributed by atoms with Crippen LogP contribution in [0.2, 0.25) is 4.34 Å². The molecule has 0 aliphatic rings. The van der Waals surface area contributed by atoms with E-state index >= 15 is 0 Å². The topological polar surface area (TPSA) is 38.0 Å². The van der Waals surface area contributed by atoms with Crippen molar-refractivity contribution in [1.29, 1.82) is 0 Å². The van der Waals surface area contributed by atoms with Gasteiger partial charge < -0.3 is 11.1 Å². The fourth-order valence-corrected chi connectivity index (χ4v) is 2.17. The predicted octanol–water partition coefficient (Wildman–Crippen LogP) is 2.79. The monoisotopic (exact) mass is 232 g/mol. The molecule has 0 spiro atoms. The summed E-state index contributed by atoms with van der Waals surface area (Å²) in [5.41, 5.74) is 5.71. The van der Waals surface area contributed by atoms with Crippen LogP contribution in [0.1, 0.15) is 31.7 Å². The van der Waals surface area contributed by atoms with E-state index < -0.39 is 0 Å². The van der Waals surface area contributed by atoms with Gasteiger partial charge >= 0.3 is 0 Å². The summed E-state index contributed by atoms with van der Waals surface area (Å²) in [6, 6.07) is 4.29. The highest BCUT2D eigenvalue weighted by molar-refractivity contribution is 7.16. The molecule has 0 amide bonds. The quantitative estimate of drug-likeness (QED) is 0.838. The maximum Gasteiger partial charge on any atom is 0.0931 e. The standard InChI is InChI=1S/C10H17ClN2S/c1-7(13-6-10(2,3)12)8-4-5-9(11)14-8/h4-5,7,13H,6,12H2,1-3H3. The van der Waals surface area contributed by atoms with E-state index in [1.807, 2.05) is 26.0 Å². The van der Waals surface area contributed by atoms with Crippen molar-refractivity contribution in [3.8, 4) is 0 Å². The maximum absolute atomic E-state index is 5.88. The van der Waals surface area contributed by atoms with Crippen LogP contribution in [0, 0.1) is 0 Å². The summed E-state index contributed by atoms with van der Waals surface area (Å²) < 4.78 is 0.834. The first-order valence-corrected chi connectivity index (χ1v) is 5.85. The number of hydrogen-bond donors (Lipinski definition) is 2. The van der Waals surface area contributed by atoms with E-state index in [0.717, 1.165) is 10.9 Å². The minimum absolute atomic E-state index is 0.171. The van der Waals surface area contributed by atoms with Crippen molar-refractivity contribution < 1.29 is 0 Å². The minimum atomic E-state index is -0.171. The van der Waals surface area contributed by atoms with Gasteiger partial charge in [0.1, 0.15) is 0 Å². The normalized spacial score (nSPS) is 14.4. The van der Waals surface area contributed by atoms with Gasteiger partial charge in [-0.1, -0.05) is 11.6 Å². The summed E-state index contributed by atoms with van der Waals surface area (Å²) in [4.78, 5) is 1.25. The smallest absolute Gasteiger partial charge is 0.0931 e. The zero-order valence-corrected chi connectivity index (χ0v) is 10.4. The lowest BCUT2D eigenvalue weighted by atomic mass is 10.1. The van der Waals surface area contributed by atoms with Gasteiger partial charge in [0.15, 0.2) is 0 Å². The molecule has 80 valence electrons. The molecule has 0 radical (unpaired) electrons. The number of hydrogen-bond acceptors (Lipinski definition) is 3. The van der Waals surface area contributed by atoms with Gasteiger partial charge in [-0.15, -0.1) is 11.3 Å². The average molecular weight is 233 g/mol. The SMILES string of the molecule is CC(NCC(C)(C)N)c1ccc(Cl)s1. The fraction of sp³-hybridized carbons (Fsp3) is 0.600. The predicted molar refractivity (Wildman–Crippen MR) is 64.0 cm³/mol. The first kappa shape index (κ1) is 12.0. The molecule has 1 heterocycles. The van der Waals surface area contributed by atoms with Crippen molar-refractivity contribution in [3.63, 3.8) is 0 Å². The van der Waals surface area contributed by atoms with Gasteiger partial charge in [0.05, 0.1) is 4.34 Å². The van der Waals surface area contributed by atoms with E-state index in [4.69, 9.17) is 17.3 Å². The van der Waals surface area contributed by atoms with E-state index in [1.54, 1.807) is 11.3 Å². The Bertz CT molecular complexity index is 291. The second-order valence-corrected chi connectivity index (χ2v) is 5.98. The van der Waals surface area contributed by atoms with Gasteiger partial charge in [-0.3, -0.25) is 0 Å². The molecule has 1 atom stereocenters. The molecule has 1 aromatic rings. The first-order chi connectivity index (χ1) is 6.38. The molecule has 0 saturated heterocycles. The Morgan fingerprint density at radius 2 is 2.21 bits per heavy atom. The number of thiophene rings is 1. The van der Waals surface area contributed by atoms with E-state index in [0.29, 0.717) is 6.04 Å². The number of nitrogens with one attached hydrogen (secondary N) is 1. The molecule has 0 aliphatic heterocycles. The van der Waals surface area contributed by atoms with E-state index in [2.05, 4.69) is 12.2 Å². The molecule has 14 heavy (non-hydrogen) atoms. The molecular weight excluding hydrogens is 216 g/mol. The largest absolute Gasteiger partial charge is 0.324 e. The Morgan fingerprint density at radius 3 is 2.64 bits per heavy atom. The summed E-state index contributed by atoms with van der Waals surface area (Å²) in [6.07, 6.45) is 0. The Balaban J connectivity index is 2.47. The van der Waals surface area contributed by atoms with Crippen LogP contribution >= 0.6 is 22.9 Å². The van der Waals surface area contributed by atoms with Crippen LogP contribution < -0.4 is 11.1 Å². The molecule has 1 aromatic heterocycles. The molecule has 2 nitrogen and oxygen atoms in total. The summed E-state index contributed by atoms with van der Waals surface area (Å²) in [5.74, 6) is 0. The second-order valence-electron chi connectivity index (χ2n) is 4.23. The number of rotatable bonds is 4. The van der Waals surface area contributed by atoms with Crippen LogP contribution in [0.3, 0.4) is 0 Å². The molecule has 3 N–H and O–H groups in total. The third-order valence-corrected chi connectivity index (χ3v) is 3.30. The van der Waals surface area contributed by atoms with Crippen molar-refractivity contribution >= 4 is 22.9 Å². The van der Waals surface area contributed by atoms with Gasteiger partial charge in [-0.25, -0.2) is 0 Å². The third kappa shape index (κ3) is 3.96. The summed E-state index contributed by atoms with van der Waals surface area (Å²) >= 11 is 7.47. The van der Waals surface area contributed by atoms with Crippen LogP contribution in [-0.4, -0.2) is 12.1 Å². The van der Waals surface area contributed by atoms with Crippen LogP contribution in [0.15, 0.2) is 12.1 Å². The number of nitrogens with two attached hydrogens (primary N) is 1. The lowest BCUT2D eigenvalue weighted by Gasteiger charge is -2.22. The Hall–Kier alpha value is -0.0900. The first-order valence-electron chi connectivity index (χ1n) is 4.66. The van der Waals surface area contributed by atoms with Crippen LogP contribution in [0.4, 0.5) is 0 Å². The van der Waals surface area contributed by atoms with Gasteiger partial charge in [0.25, 0.3) is 0 Å². The van der Waals surface area contributed by atoms with Crippen molar-refractivity contribution in [2.45, 2.75) is 32.4 Å². The molecule has 0 saturated carbocycles. The van der Waals surface area contributed by atoms with Crippen molar-refractivity contribution in [3.05, 3.63) is 21.3 Å². The summed E-state index contributed by atoms with van der Waals surface area (Å²) in [5, 5.41) is 3.38. The van der Waals surface area contributed by atoms with E-state index in [-0.39, 0.29) is 5.54 Å². The minimum Gasteiger partial charge on any atom is -0.324 e. The average Bonchev–Trinajstić information content (AvgIpc) is 2.46. The van der Waals surface area contributed by atoms with Gasteiger partial charge in [-0.2, -0.15) is 0 Å². The highest BCUT2D eigenvalue weighted by atomic mass is 35.5. The van der Waals surface area contributed by atoms with Crippen molar-refractivity contribution in [2.24, 2.45) is 5.73 Å². The van der Waals surface area contributed by atoms with Crippen LogP contribution in [0.25, 0.3) is 0 Å². The van der Waals surface area contributed by atoms with E-state index in [1.165, 1.54) is 4.88 Å². The lowest BCUT2D eigenvalue weighted by Crippen LogP contribution is -2.43. The fourth-order valence-electron chi connectivity index (χ4n) is 1.08. The molecule has 4 heteroatoms. The second kappa shape index (κ2) is 4.62. The highest BCUT2D eigenvalue weighted by Crippen LogP contribution is 2.26. The summed E-state index contributed by atoms with van der Waals surface area (Å²) in [6.45, 7) is 6.93. The van der Waals surface area contributed by atoms with Crippen molar-refractivity contribution in [1.82, 2.24) is 5.32 Å². The Kier molecular flexibility index (Phi) is 3.95. The van der Waals surface area contributed by atoms with Gasteiger partial charge in [0, 0.05) is 23.0 Å². The molecule has 0 aromatic carbocycles. The molecule has 1 unspecified atom stereocenters. The zero-order valence-electron chi connectivity index (χ0n) is 8.80. The summed E-state index contributed by atoms with van der Waals surface area (Å²) in [7, 11) is 0. The van der Waals surface area contributed by atoms with Gasteiger partial charge in [0.2, 0.25) is 0 Å². The lowest BCUT2D eigenvalue weighted by molar-refractivity contribution is 0.437. The van der Waals surface area contributed by atoms with Gasteiger partial charge in [-0.05, 0) is 32.9 Å². The number of halogens is 1. The molecule has 1 rings (SSSR count). The van der Waals surface area contributed by atoms with Crippen molar-refractivity contribution in [2.75, 3.05) is 6.54 Å². The molecular formula is C10H17ClN2S. The van der Waals surface area contributed by atoms with Crippen LogP contribution in [0.5, 0.6) is 0 Å². The molecule has 0 fully saturated rings. The Labute approximate surface area is 94.5 Å². The molecule has 0 aliphatic carbocycles. The highest BCUT2D eigenvalue weighted by Gasteiger charge is 2.13. The molecule has 0 bridgehead atoms. The van der Waals surface area contributed by atoms with Crippen LogP contribution in [-0.2, 0) is 0 Å². The Morgan fingerprint density at radius 1 is 1.57 bits per heavy atom. The van der Waals surface area contributed by atoms with E-state index in [9.17, 15) is 0 Å². The third-order valence-electron chi connectivity index (χ3n) is 1.88. The maximum atomic E-state index is 5.88.